The SMILES string of the molecule is COCCNS(=O)(=O)c1ccc(C)c(C(=O)NCC2CNCC2O)c1. The molecule has 0 spiro atoms. The van der Waals surface area contributed by atoms with Gasteiger partial charge in [0.2, 0.25) is 10.0 Å². The molecule has 0 aromatic heterocycles. The molecule has 1 heterocycles. The van der Waals surface area contributed by atoms with E-state index in [0.717, 1.165) is 0 Å². The topological polar surface area (TPSA) is 117 Å². The highest BCUT2D eigenvalue weighted by atomic mass is 32.2. The molecular formula is C16H25N3O5S. The molecule has 1 fully saturated rings. The standard InChI is InChI=1S/C16H25N3O5S/c1-11-3-4-13(25(22,23)19-5-6-24-2)7-14(11)16(21)18-9-12-8-17-10-15(12)20/h3-4,7,12,15,17,19-20H,5-6,8-10H2,1-2H3,(H,18,21). The van der Waals surface area contributed by atoms with E-state index in [1.165, 1.54) is 19.2 Å². The Morgan fingerprint density at radius 3 is 2.80 bits per heavy atom. The van der Waals surface area contributed by atoms with Crippen LogP contribution >= 0.6 is 0 Å². The van der Waals surface area contributed by atoms with Crippen LogP contribution in [0, 0.1) is 12.8 Å². The normalized spacial score (nSPS) is 20.6. The molecule has 1 amide bonds. The Bertz CT molecular complexity index is 708. The van der Waals surface area contributed by atoms with Gasteiger partial charge in [0, 0.05) is 44.8 Å². The van der Waals surface area contributed by atoms with Crippen LogP contribution in [-0.4, -0.2) is 65.4 Å². The number of carbonyl (C=O) groups excluding carboxylic acids is 1. The molecule has 0 aliphatic carbocycles. The minimum Gasteiger partial charge on any atom is -0.391 e. The van der Waals surface area contributed by atoms with Crippen molar-refractivity contribution in [2.45, 2.75) is 17.9 Å². The molecule has 4 N–H and O–H groups in total. The van der Waals surface area contributed by atoms with Crippen molar-refractivity contribution in [1.82, 2.24) is 15.4 Å². The second-order valence-electron chi connectivity index (χ2n) is 6.06. The number of ether oxygens (including phenoxy) is 1. The van der Waals surface area contributed by atoms with Gasteiger partial charge < -0.3 is 20.5 Å². The Kier molecular flexibility index (Phi) is 6.91. The number of aliphatic hydroxyl groups is 1. The Hall–Kier alpha value is -1.52. The summed E-state index contributed by atoms with van der Waals surface area (Å²) in [7, 11) is -2.22. The molecule has 9 heteroatoms. The van der Waals surface area contributed by atoms with Gasteiger partial charge in [-0.15, -0.1) is 0 Å². The molecule has 0 radical (unpaired) electrons. The number of amides is 1. The molecule has 8 nitrogen and oxygen atoms in total. The fourth-order valence-electron chi connectivity index (χ4n) is 2.62. The summed E-state index contributed by atoms with van der Waals surface area (Å²) in [5.41, 5.74) is 0.980. The van der Waals surface area contributed by atoms with E-state index in [4.69, 9.17) is 4.74 Å². The summed E-state index contributed by atoms with van der Waals surface area (Å²) in [6.07, 6.45) is -0.488. The predicted octanol–water partition coefficient (Wildman–Crippen LogP) is -0.770. The van der Waals surface area contributed by atoms with Gasteiger partial charge in [0.15, 0.2) is 0 Å². The zero-order valence-corrected chi connectivity index (χ0v) is 15.2. The first-order valence-corrected chi connectivity index (χ1v) is 9.59. The van der Waals surface area contributed by atoms with Gasteiger partial charge in [-0.25, -0.2) is 13.1 Å². The summed E-state index contributed by atoms with van der Waals surface area (Å²) in [4.78, 5) is 12.4. The van der Waals surface area contributed by atoms with E-state index in [0.29, 0.717) is 30.8 Å². The first kappa shape index (κ1) is 19.8. The molecule has 1 aliphatic heterocycles. The number of sulfonamides is 1. The molecule has 140 valence electrons. The highest BCUT2D eigenvalue weighted by Gasteiger charge is 2.25. The number of carbonyl (C=O) groups is 1. The number of hydrogen-bond donors (Lipinski definition) is 4. The summed E-state index contributed by atoms with van der Waals surface area (Å²) < 4.78 is 31.8. The average Bonchev–Trinajstić information content (AvgIpc) is 2.98. The second-order valence-corrected chi connectivity index (χ2v) is 7.83. The molecule has 1 aliphatic rings. The summed E-state index contributed by atoms with van der Waals surface area (Å²) in [6.45, 7) is 3.64. The lowest BCUT2D eigenvalue weighted by atomic mass is 10.1. The molecule has 2 unspecified atom stereocenters. The van der Waals surface area contributed by atoms with Crippen LogP contribution in [-0.2, 0) is 14.8 Å². The molecule has 1 saturated heterocycles. The Balaban J connectivity index is 2.08. The van der Waals surface area contributed by atoms with Gasteiger partial charge in [-0.1, -0.05) is 6.07 Å². The molecule has 2 atom stereocenters. The van der Waals surface area contributed by atoms with E-state index in [1.54, 1.807) is 13.0 Å². The number of rotatable bonds is 8. The van der Waals surface area contributed by atoms with Crippen molar-refractivity contribution in [3.05, 3.63) is 29.3 Å². The quantitative estimate of drug-likeness (QED) is 0.446. The fraction of sp³-hybridized carbons (Fsp3) is 0.562. The van der Waals surface area contributed by atoms with E-state index in [-0.39, 0.29) is 29.9 Å². The third-order valence-corrected chi connectivity index (χ3v) is 5.65. The van der Waals surface area contributed by atoms with E-state index in [9.17, 15) is 18.3 Å². The number of benzene rings is 1. The number of aryl methyl sites for hydroxylation is 1. The van der Waals surface area contributed by atoms with Crippen LogP contribution in [0.2, 0.25) is 0 Å². The Morgan fingerprint density at radius 1 is 1.40 bits per heavy atom. The van der Waals surface area contributed by atoms with Gasteiger partial charge in [-0.05, 0) is 24.6 Å². The van der Waals surface area contributed by atoms with Crippen molar-refractivity contribution in [3.63, 3.8) is 0 Å². The fourth-order valence-corrected chi connectivity index (χ4v) is 3.66. The van der Waals surface area contributed by atoms with E-state index in [1.807, 2.05) is 0 Å². The van der Waals surface area contributed by atoms with Crippen molar-refractivity contribution in [2.75, 3.05) is 39.9 Å². The first-order chi connectivity index (χ1) is 11.8. The van der Waals surface area contributed by atoms with Crippen LogP contribution < -0.4 is 15.4 Å². The van der Waals surface area contributed by atoms with Crippen molar-refractivity contribution < 1.29 is 23.1 Å². The molecule has 1 aromatic carbocycles. The van der Waals surface area contributed by atoms with E-state index >= 15 is 0 Å². The van der Waals surface area contributed by atoms with Crippen molar-refractivity contribution in [2.24, 2.45) is 5.92 Å². The smallest absolute Gasteiger partial charge is 0.251 e. The number of β-amino-alcohol motifs (C(OH)–C–C–N with tert-alkyl or cyclic N) is 1. The third-order valence-electron chi connectivity index (χ3n) is 4.19. The molecule has 0 saturated carbocycles. The monoisotopic (exact) mass is 371 g/mol. The van der Waals surface area contributed by atoms with Gasteiger partial charge in [0.25, 0.3) is 5.91 Å². The van der Waals surface area contributed by atoms with Crippen LogP contribution in [0.3, 0.4) is 0 Å². The largest absolute Gasteiger partial charge is 0.391 e. The maximum Gasteiger partial charge on any atom is 0.251 e. The van der Waals surface area contributed by atoms with Gasteiger partial charge in [-0.2, -0.15) is 0 Å². The second kappa shape index (κ2) is 8.72. The molecule has 0 bridgehead atoms. The van der Waals surface area contributed by atoms with Gasteiger partial charge in [-0.3, -0.25) is 4.79 Å². The lowest BCUT2D eigenvalue weighted by molar-refractivity contribution is 0.0926. The van der Waals surface area contributed by atoms with Crippen LogP contribution in [0.1, 0.15) is 15.9 Å². The summed E-state index contributed by atoms with van der Waals surface area (Å²) in [5.74, 6) is -0.405. The van der Waals surface area contributed by atoms with E-state index < -0.39 is 16.1 Å². The van der Waals surface area contributed by atoms with Crippen molar-refractivity contribution in [3.8, 4) is 0 Å². The van der Waals surface area contributed by atoms with Gasteiger partial charge in [0.05, 0.1) is 17.6 Å². The van der Waals surface area contributed by atoms with E-state index in [2.05, 4.69) is 15.4 Å². The van der Waals surface area contributed by atoms with Crippen LogP contribution in [0.5, 0.6) is 0 Å². The highest BCUT2D eigenvalue weighted by molar-refractivity contribution is 7.89. The minimum absolute atomic E-state index is 0.0296. The highest BCUT2D eigenvalue weighted by Crippen LogP contribution is 2.16. The lowest BCUT2D eigenvalue weighted by Crippen LogP contribution is -2.34. The zero-order chi connectivity index (χ0) is 18.4. The van der Waals surface area contributed by atoms with Crippen molar-refractivity contribution >= 4 is 15.9 Å². The van der Waals surface area contributed by atoms with Crippen LogP contribution in [0.15, 0.2) is 23.1 Å². The minimum atomic E-state index is -3.70. The van der Waals surface area contributed by atoms with Crippen molar-refractivity contribution in [1.29, 1.82) is 0 Å². The Morgan fingerprint density at radius 2 is 2.16 bits per heavy atom. The molecule has 1 aromatic rings. The maximum absolute atomic E-state index is 12.4. The number of hydrogen-bond acceptors (Lipinski definition) is 6. The zero-order valence-electron chi connectivity index (χ0n) is 14.4. The molecular weight excluding hydrogens is 346 g/mol. The van der Waals surface area contributed by atoms with Crippen LogP contribution in [0.4, 0.5) is 0 Å². The predicted molar refractivity (Wildman–Crippen MR) is 92.9 cm³/mol. The summed E-state index contributed by atoms with van der Waals surface area (Å²) >= 11 is 0. The van der Waals surface area contributed by atoms with Gasteiger partial charge >= 0.3 is 0 Å². The number of methoxy groups -OCH3 is 1. The maximum atomic E-state index is 12.4. The summed E-state index contributed by atoms with van der Waals surface area (Å²) in [6, 6.07) is 4.43. The number of nitrogens with one attached hydrogen (secondary N) is 3. The average molecular weight is 371 g/mol. The summed E-state index contributed by atoms with van der Waals surface area (Å²) in [5, 5.41) is 15.6. The molecule has 25 heavy (non-hydrogen) atoms. The first-order valence-electron chi connectivity index (χ1n) is 8.11. The Labute approximate surface area is 148 Å². The number of aliphatic hydroxyl groups excluding tert-OH is 1. The van der Waals surface area contributed by atoms with Gasteiger partial charge in [0.1, 0.15) is 0 Å². The molecule has 2 rings (SSSR count). The third kappa shape index (κ3) is 5.23. The van der Waals surface area contributed by atoms with Crippen LogP contribution in [0.25, 0.3) is 0 Å². The lowest BCUT2D eigenvalue weighted by Gasteiger charge is -2.15.